The van der Waals surface area contributed by atoms with Crippen molar-refractivity contribution in [2.45, 2.75) is 51.6 Å². The fourth-order valence-electron chi connectivity index (χ4n) is 3.19. The number of nitrogens with zero attached hydrogens (tertiary/aromatic N) is 1. The zero-order valence-corrected chi connectivity index (χ0v) is 16.2. The van der Waals surface area contributed by atoms with Gasteiger partial charge in [-0.15, -0.1) is 0 Å². The van der Waals surface area contributed by atoms with Gasteiger partial charge < -0.3 is 20.7 Å². The van der Waals surface area contributed by atoms with Crippen LogP contribution in [0.5, 0.6) is 0 Å². The number of hydrogen-bond acceptors (Lipinski definition) is 5. The van der Waals surface area contributed by atoms with Crippen molar-refractivity contribution in [2.24, 2.45) is 11.7 Å². The van der Waals surface area contributed by atoms with E-state index >= 15 is 0 Å². The third kappa shape index (κ3) is 5.07. The number of nitrogens with one attached hydrogen (secondary N) is 1. The van der Waals surface area contributed by atoms with Crippen molar-refractivity contribution >= 4 is 23.5 Å². The highest BCUT2D eigenvalue weighted by atomic mass is 16.5. The zero-order valence-electron chi connectivity index (χ0n) is 16.2. The van der Waals surface area contributed by atoms with E-state index in [0.717, 1.165) is 19.3 Å². The molecule has 0 aromatic heterocycles. The number of benzene rings is 1. The molecule has 0 radical (unpaired) electrons. The van der Waals surface area contributed by atoms with E-state index in [4.69, 9.17) is 10.5 Å². The summed E-state index contributed by atoms with van der Waals surface area (Å²) >= 11 is 0. The first-order valence-electron chi connectivity index (χ1n) is 9.44. The molecule has 1 aromatic carbocycles. The average molecular weight is 375 g/mol. The number of esters is 1. The number of carbonyl (C=O) groups is 3. The summed E-state index contributed by atoms with van der Waals surface area (Å²) in [6, 6.07) is 5.54. The molecular weight excluding hydrogens is 346 g/mol. The van der Waals surface area contributed by atoms with Crippen LogP contribution in [0.3, 0.4) is 0 Å². The van der Waals surface area contributed by atoms with Crippen molar-refractivity contribution in [3.8, 4) is 0 Å². The maximum absolute atomic E-state index is 12.9. The van der Waals surface area contributed by atoms with Crippen LogP contribution in [0, 0.1) is 5.92 Å². The maximum atomic E-state index is 12.9. The van der Waals surface area contributed by atoms with E-state index in [1.54, 1.807) is 29.2 Å². The Balaban J connectivity index is 2.15. The summed E-state index contributed by atoms with van der Waals surface area (Å²) in [6.45, 7) is 4.41. The molecule has 1 fully saturated rings. The molecule has 1 aliphatic rings. The minimum Gasteiger partial charge on any atom is -0.467 e. The first-order valence-corrected chi connectivity index (χ1v) is 9.44. The Labute approximate surface area is 160 Å². The zero-order chi connectivity index (χ0) is 20.0. The molecule has 148 valence electrons. The third-order valence-corrected chi connectivity index (χ3v) is 5.17. The predicted molar refractivity (Wildman–Crippen MR) is 103 cm³/mol. The van der Waals surface area contributed by atoms with Crippen molar-refractivity contribution in [3.05, 3.63) is 29.8 Å². The number of carbonyl (C=O) groups excluding carboxylic acids is 3. The topological polar surface area (TPSA) is 102 Å². The molecule has 7 heteroatoms. The molecule has 1 heterocycles. The number of nitrogens with two attached hydrogens (primary N) is 1. The molecule has 1 saturated heterocycles. The second-order valence-electron chi connectivity index (χ2n) is 7.01. The monoisotopic (exact) mass is 375 g/mol. The van der Waals surface area contributed by atoms with E-state index in [0.29, 0.717) is 24.2 Å². The Morgan fingerprint density at radius 3 is 2.74 bits per heavy atom. The number of ether oxygens (including phenoxy) is 1. The molecule has 0 saturated carbocycles. The van der Waals surface area contributed by atoms with E-state index in [-0.39, 0.29) is 17.7 Å². The summed E-state index contributed by atoms with van der Waals surface area (Å²) in [4.78, 5) is 38.8. The molecule has 3 N–H and O–H groups in total. The highest BCUT2D eigenvalue weighted by molar-refractivity contribution is 6.00. The van der Waals surface area contributed by atoms with Crippen LogP contribution in [0.1, 0.15) is 49.9 Å². The number of methoxy groups -OCH3 is 1. The summed E-state index contributed by atoms with van der Waals surface area (Å²) < 4.78 is 4.84. The van der Waals surface area contributed by atoms with Gasteiger partial charge in [-0.25, -0.2) is 4.79 Å². The van der Waals surface area contributed by atoms with E-state index < -0.39 is 18.1 Å². The third-order valence-electron chi connectivity index (χ3n) is 5.17. The molecule has 1 aromatic rings. The smallest absolute Gasteiger partial charge is 0.328 e. The Kier molecular flexibility index (Phi) is 7.36. The molecule has 0 spiro atoms. The van der Waals surface area contributed by atoms with Gasteiger partial charge in [-0.05, 0) is 43.4 Å². The predicted octanol–water partition coefficient (Wildman–Crippen LogP) is 2.17. The summed E-state index contributed by atoms with van der Waals surface area (Å²) in [5.41, 5.74) is 6.89. The Bertz CT molecular complexity index is 692. The second-order valence-corrected chi connectivity index (χ2v) is 7.01. The van der Waals surface area contributed by atoms with Gasteiger partial charge in [-0.2, -0.15) is 0 Å². The van der Waals surface area contributed by atoms with Gasteiger partial charge in [0.25, 0.3) is 5.91 Å². The molecule has 2 amide bonds. The molecule has 27 heavy (non-hydrogen) atoms. The van der Waals surface area contributed by atoms with E-state index in [1.807, 2.05) is 13.8 Å². The lowest BCUT2D eigenvalue weighted by molar-refractivity contribution is -0.147. The van der Waals surface area contributed by atoms with Crippen molar-refractivity contribution in [1.82, 2.24) is 4.90 Å². The van der Waals surface area contributed by atoms with Crippen LogP contribution in [0.25, 0.3) is 0 Å². The van der Waals surface area contributed by atoms with Gasteiger partial charge in [-0.3, -0.25) is 9.59 Å². The Hall–Kier alpha value is -2.41. The number of piperidine rings is 1. The first-order chi connectivity index (χ1) is 12.9. The average Bonchev–Trinajstić information content (AvgIpc) is 2.71. The van der Waals surface area contributed by atoms with Gasteiger partial charge in [0, 0.05) is 17.8 Å². The van der Waals surface area contributed by atoms with E-state index in [1.165, 1.54) is 7.11 Å². The number of likely N-dealkylation sites (tertiary alicyclic amines) is 1. The number of rotatable bonds is 6. The quantitative estimate of drug-likeness (QED) is 0.742. The van der Waals surface area contributed by atoms with Gasteiger partial charge >= 0.3 is 5.97 Å². The first kappa shape index (κ1) is 20.9. The Morgan fingerprint density at radius 1 is 1.33 bits per heavy atom. The Morgan fingerprint density at radius 2 is 2.07 bits per heavy atom. The molecule has 1 aliphatic heterocycles. The van der Waals surface area contributed by atoms with Crippen LogP contribution >= 0.6 is 0 Å². The minimum atomic E-state index is -0.611. The van der Waals surface area contributed by atoms with Crippen molar-refractivity contribution < 1.29 is 19.1 Å². The lowest BCUT2D eigenvalue weighted by Crippen LogP contribution is -2.48. The van der Waals surface area contributed by atoms with Crippen LogP contribution < -0.4 is 11.1 Å². The normalized spacial score (nSPS) is 19.1. The van der Waals surface area contributed by atoms with Crippen LogP contribution in [-0.2, 0) is 14.3 Å². The molecule has 0 aliphatic carbocycles. The van der Waals surface area contributed by atoms with Gasteiger partial charge in [0.05, 0.1) is 13.2 Å². The molecule has 0 bridgehead atoms. The van der Waals surface area contributed by atoms with Crippen molar-refractivity contribution in [3.63, 3.8) is 0 Å². The SMILES string of the molecule is CCC(C)C(N)C(=O)Nc1cccc(C(=O)N2CCCCC2C(=O)OC)c1. The molecule has 7 nitrogen and oxygen atoms in total. The largest absolute Gasteiger partial charge is 0.467 e. The summed E-state index contributed by atoms with van der Waals surface area (Å²) in [7, 11) is 1.33. The highest BCUT2D eigenvalue weighted by Crippen LogP contribution is 2.22. The molecule has 2 rings (SSSR count). The highest BCUT2D eigenvalue weighted by Gasteiger charge is 2.33. The van der Waals surface area contributed by atoms with Gasteiger partial charge in [0.2, 0.25) is 5.91 Å². The maximum Gasteiger partial charge on any atom is 0.328 e. The van der Waals surface area contributed by atoms with E-state index in [9.17, 15) is 14.4 Å². The summed E-state index contributed by atoms with van der Waals surface area (Å²) in [6.07, 6.45) is 3.13. The minimum absolute atomic E-state index is 0.0592. The van der Waals surface area contributed by atoms with E-state index in [2.05, 4.69) is 5.32 Å². The lowest BCUT2D eigenvalue weighted by Gasteiger charge is -2.33. The molecule has 3 atom stereocenters. The summed E-state index contributed by atoms with van der Waals surface area (Å²) in [5, 5.41) is 2.77. The van der Waals surface area contributed by atoms with Crippen LogP contribution in [0.4, 0.5) is 5.69 Å². The summed E-state index contributed by atoms with van der Waals surface area (Å²) in [5.74, 6) is -0.859. The fourth-order valence-corrected chi connectivity index (χ4v) is 3.19. The number of hydrogen-bond donors (Lipinski definition) is 2. The van der Waals surface area contributed by atoms with Crippen molar-refractivity contribution in [2.75, 3.05) is 19.0 Å². The standard InChI is InChI=1S/C20H29N3O4/c1-4-13(2)17(21)18(24)22-15-9-7-8-14(12-15)19(25)23-11-6-5-10-16(23)20(26)27-3/h7-9,12-13,16-17H,4-6,10-11,21H2,1-3H3,(H,22,24). The number of amides is 2. The molecular formula is C20H29N3O4. The van der Waals surface area contributed by atoms with Crippen LogP contribution in [0.15, 0.2) is 24.3 Å². The van der Waals surface area contributed by atoms with Crippen LogP contribution in [0.2, 0.25) is 0 Å². The molecule has 3 unspecified atom stereocenters. The fraction of sp³-hybridized carbons (Fsp3) is 0.550. The second kappa shape index (κ2) is 9.50. The van der Waals surface area contributed by atoms with Gasteiger partial charge in [-0.1, -0.05) is 26.3 Å². The van der Waals surface area contributed by atoms with Gasteiger partial charge in [0.1, 0.15) is 6.04 Å². The lowest BCUT2D eigenvalue weighted by atomic mass is 9.99. The number of anilines is 1. The van der Waals surface area contributed by atoms with Crippen molar-refractivity contribution in [1.29, 1.82) is 0 Å². The van der Waals surface area contributed by atoms with Gasteiger partial charge in [0.15, 0.2) is 0 Å². The van der Waals surface area contributed by atoms with Crippen LogP contribution in [-0.4, -0.2) is 48.4 Å².